The van der Waals surface area contributed by atoms with Gasteiger partial charge in [0.1, 0.15) is 0 Å². The predicted octanol–water partition coefficient (Wildman–Crippen LogP) is -0.419. The lowest BCUT2D eigenvalue weighted by atomic mass is 10.6. The molecule has 0 atom stereocenters. The molecule has 0 aromatic rings. The second-order valence-corrected chi connectivity index (χ2v) is 0.964. The Kier molecular flexibility index (Phi) is 1.80. The molecule has 0 spiro atoms. The normalized spacial score (nSPS) is 7.60. The number of allylic oxidation sites excluding steroid dienone is 1. The molecular formula is C3H7NO. The lowest BCUT2D eigenvalue weighted by Gasteiger charge is -1.93. The molecule has 0 saturated carbocycles. The van der Waals surface area contributed by atoms with E-state index in [9.17, 15) is 5.21 Å². The molecule has 0 radical (unpaired) electrons. The highest BCUT2D eigenvalue weighted by Crippen LogP contribution is 1.57. The number of nitrogens with two attached hydrogens (primary N) is 1. The molecule has 0 heterocycles. The molecule has 0 aliphatic carbocycles. The van der Waals surface area contributed by atoms with Crippen LogP contribution in [0.15, 0.2) is 12.3 Å². The fraction of sp³-hybridized carbons (Fsp3) is 0.333. The first-order valence-electron chi connectivity index (χ1n) is 1.38. The van der Waals surface area contributed by atoms with Crippen LogP contribution in [0.1, 0.15) is 6.92 Å². The maximum absolute atomic E-state index is 9.41. The summed E-state index contributed by atoms with van der Waals surface area (Å²) >= 11 is 0. The van der Waals surface area contributed by atoms with Gasteiger partial charge in [-0.2, -0.15) is 0 Å². The van der Waals surface area contributed by atoms with E-state index in [-0.39, 0.29) is 0 Å². The van der Waals surface area contributed by atoms with Crippen molar-refractivity contribution in [1.29, 1.82) is 0 Å². The van der Waals surface area contributed by atoms with E-state index in [0.717, 1.165) is 5.48 Å². The Morgan fingerprint density at radius 2 is 2.20 bits per heavy atom. The van der Waals surface area contributed by atoms with Gasteiger partial charge in [-0.1, -0.05) is 0 Å². The van der Waals surface area contributed by atoms with Crippen LogP contribution in [0.5, 0.6) is 0 Å². The van der Waals surface area contributed by atoms with Crippen LogP contribution in [0, 0.1) is 5.21 Å². The summed E-state index contributed by atoms with van der Waals surface area (Å²) in [5, 5.41) is 9.41. The Bertz CT molecular complexity index is 42.2. The average molecular weight is 73.1 g/mol. The second-order valence-electron chi connectivity index (χ2n) is 0.964. The molecule has 2 heteroatoms. The van der Waals surface area contributed by atoms with Crippen LogP contribution in [0.2, 0.25) is 0 Å². The summed E-state index contributed by atoms with van der Waals surface area (Å²) in [5.74, 6) is 0. The summed E-state index contributed by atoms with van der Waals surface area (Å²) in [7, 11) is 0. The van der Waals surface area contributed by atoms with Gasteiger partial charge in [-0.25, -0.2) is 0 Å². The summed E-state index contributed by atoms with van der Waals surface area (Å²) in [5.41, 5.74) is 1.30. The van der Waals surface area contributed by atoms with Crippen LogP contribution in [0.25, 0.3) is 0 Å². The fourth-order valence-corrected chi connectivity index (χ4v) is 0. The Labute approximate surface area is 31.1 Å². The molecule has 2 nitrogen and oxygen atoms in total. The third-order valence-electron chi connectivity index (χ3n) is 0.201. The third kappa shape index (κ3) is 3.66. The molecule has 30 valence electrons. The minimum absolute atomic E-state index is 0.574. The fourth-order valence-electron chi connectivity index (χ4n) is 0. The molecule has 0 fully saturated rings. The van der Waals surface area contributed by atoms with Crippen LogP contribution in [0.3, 0.4) is 0 Å². The van der Waals surface area contributed by atoms with E-state index in [2.05, 4.69) is 6.58 Å². The summed E-state index contributed by atoms with van der Waals surface area (Å²) in [6.07, 6.45) is 0. The van der Waals surface area contributed by atoms with Gasteiger partial charge in [0.25, 0.3) is 0 Å². The third-order valence-corrected chi connectivity index (χ3v) is 0.201. The number of hydroxylamine groups is 1. The molecular weight excluding hydrogens is 66.0 g/mol. The molecule has 0 aliphatic rings. The van der Waals surface area contributed by atoms with Gasteiger partial charge in [0.2, 0.25) is 0 Å². The van der Waals surface area contributed by atoms with Crippen molar-refractivity contribution in [3.63, 3.8) is 0 Å². The molecule has 0 amide bonds. The second kappa shape index (κ2) is 1.93. The molecule has 2 N–H and O–H groups in total. The van der Waals surface area contributed by atoms with Crippen LogP contribution < -0.4 is 5.48 Å². The Morgan fingerprint density at radius 3 is 2.20 bits per heavy atom. The number of rotatable bonds is 1. The number of hydrogen-bond donors (Lipinski definition) is 1. The van der Waals surface area contributed by atoms with Crippen molar-refractivity contribution in [3.8, 4) is 0 Å². The lowest BCUT2D eigenvalue weighted by molar-refractivity contribution is -0.534. The van der Waals surface area contributed by atoms with Crippen LogP contribution in [-0.4, -0.2) is 0 Å². The van der Waals surface area contributed by atoms with Gasteiger partial charge in [0.05, 0.1) is 5.70 Å². The van der Waals surface area contributed by atoms with Crippen LogP contribution >= 0.6 is 0 Å². The smallest absolute Gasteiger partial charge is 0.0951 e. The van der Waals surface area contributed by atoms with Gasteiger partial charge < -0.3 is 10.7 Å². The monoisotopic (exact) mass is 73.1 g/mol. The van der Waals surface area contributed by atoms with Crippen molar-refractivity contribution >= 4 is 0 Å². The standard InChI is InChI=1S/C3H7NO/c1-3(2)4-5/h1,4H2,2H3. The van der Waals surface area contributed by atoms with Gasteiger partial charge in [0.15, 0.2) is 0 Å². The van der Waals surface area contributed by atoms with Gasteiger partial charge >= 0.3 is 0 Å². The van der Waals surface area contributed by atoms with Crippen molar-refractivity contribution in [2.45, 2.75) is 6.92 Å². The Hall–Kier alpha value is -0.340. The SMILES string of the molecule is C=C(C)[NH2+][O-]. The first kappa shape index (κ1) is 4.66. The zero-order chi connectivity index (χ0) is 4.28. The zero-order valence-electron chi connectivity index (χ0n) is 3.19. The van der Waals surface area contributed by atoms with Crippen LogP contribution in [-0.2, 0) is 0 Å². The minimum Gasteiger partial charge on any atom is -0.631 e. The van der Waals surface area contributed by atoms with E-state index in [4.69, 9.17) is 0 Å². The Balaban J connectivity index is 2.85. The van der Waals surface area contributed by atoms with Crippen molar-refractivity contribution in [1.82, 2.24) is 0 Å². The molecule has 0 bridgehead atoms. The van der Waals surface area contributed by atoms with Crippen LogP contribution in [0.4, 0.5) is 0 Å². The maximum atomic E-state index is 9.41. The van der Waals surface area contributed by atoms with Crippen molar-refractivity contribution in [2.75, 3.05) is 0 Å². The molecule has 0 saturated heterocycles. The maximum Gasteiger partial charge on any atom is 0.0951 e. The molecule has 0 aromatic heterocycles. The lowest BCUT2D eigenvalue weighted by Crippen LogP contribution is -2.73. The van der Waals surface area contributed by atoms with Gasteiger partial charge in [-0.05, 0) is 6.58 Å². The summed E-state index contributed by atoms with van der Waals surface area (Å²) in [6, 6.07) is 0. The molecule has 5 heavy (non-hydrogen) atoms. The average Bonchev–Trinajstić information content (AvgIpc) is 1.38. The highest BCUT2D eigenvalue weighted by Gasteiger charge is 1.65. The van der Waals surface area contributed by atoms with E-state index >= 15 is 0 Å². The highest BCUT2D eigenvalue weighted by molar-refractivity contribution is 4.67. The molecule has 0 rings (SSSR count). The van der Waals surface area contributed by atoms with E-state index in [1.165, 1.54) is 0 Å². The van der Waals surface area contributed by atoms with Crippen molar-refractivity contribution in [2.24, 2.45) is 0 Å². The first-order valence-corrected chi connectivity index (χ1v) is 1.38. The quantitative estimate of drug-likeness (QED) is 0.421. The first-order chi connectivity index (χ1) is 2.27. The van der Waals surface area contributed by atoms with Gasteiger partial charge in [0, 0.05) is 6.92 Å². The highest BCUT2D eigenvalue weighted by atomic mass is 16.5. The molecule has 0 aliphatic heterocycles. The van der Waals surface area contributed by atoms with E-state index in [1.807, 2.05) is 0 Å². The van der Waals surface area contributed by atoms with Gasteiger partial charge in [-0.15, -0.1) is 0 Å². The molecule has 0 aromatic carbocycles. The van der Waals surface area contributed by atoms with Crippen molar-refractivity contribution in [3.05, 3.63) is 17.5 Å². The summed E-state index contributed by atoms with van der Waals surface area (Å²) in [4.78, 5) is 0. The Morgan fingerprint density at radius 1 is 2.00 bits per heavy atom. The topological polar surface area (TPSA) is 39.7 Å². The van der Waals surface area contributed by atoms with Gasteiger partial charge in [-0.3, -0.25) is 0 Å². The number of quaternary nitrogens is 1. The summed E-state index contributed by atoms with van der Waals surface area (Å²) in [6.45, 7) is 4.97. The van der Waals surface area contributed by atoms with E-state index in [0.29, 0.717) is 5.70 Å². The minimum atomic E-state index is 0.574. The summed E-state index contributed by atoms with van der Waals surface area (Å²) < 4.78 is 0. The predicted molar refractivity (Wildman–Crippen MR) is 20.1 cm³/mol. The number of hydrogen-bond acceptors (Lipinski definition) is 1. The van der Waals surface area contributed by atoms with E-state index < -0.39 is 0 Å². The van der Waals surface area contributed by atoms with E-state index in [1.54, 1.807) is 6.92 Å². The van der Waals surface area contributed by atoms with Crippen molar-refractivity contribution < 1.29 is 5.48 Å². The zero-order valence-corrected chi connectivity index (χ0v) is 3.19. The molecule has 0 unspecified atom stereocenters. The largest absolute Gasteiger partial charge is 0.631 e.